The Morgan fingerprint density at radius 1 is 1.47 bits per heavy atom. The highest BCUT2D eigenvalue weighted by molar-refractivity contribution is 6.30. The molecule has 1 heterocycles. The van der Waals surface area contributed by atoms with Crippen LogP contribution >= 0.6 is 11.6 Å². The Hall–Kier alpha value is -0.810. The molecule has 1 aliphatic rings. The first kappa shape index (κ1) is 14.3. The number of nitrogens with two attached hydrogens (primary N) is 1. The number of carbonyl (C=O) groups excluding carboxylic acids is 1. The van der Waals surface area contributed by atoms with Gasteiger partial charge in [-0.2, -0.15) is 0 Å². The summed E-state index contributed by atoms with van der Waals surface area (Å²) in [4.78, 5) is 24.0. The quantitative estimate of drug-likeness (QED) is 0.729. The lowest BCUT2D eigenvalue weighted by Gasteiger charge is -2.33. The van der Waals surface area contributed by atoms with Crippen molar-refractivity contribution in [3.05, 3.63) is 0 Å². The maximum atomic E-state index is 11.6. The van der Waals surface area contributed by atoms with Crippen molar-refractivity contribution in [3.8, 4) is 0 Å². The Bertz CT molecular complexity index is 288. The van der Waals surface area contributed by atoms with Crippen molar-refractivity contribution in [1.29, 1.82) is 0 Å². The lowest BCUT2D eigenvalue weighted by Crippen LogP contribution is -2.43. The van der Waals surface area contributed by atoms with Crippen molar-refractivity contribution in [3.63, 3.8) is 0 Å². The van der Waals surface area contributed by atoms with Gasteiger partial charge in [0.25, 0.3) is 0 Å². The molecule has 0 aromatic rings. The lowest BCUT2D eigenvalue weighted by atomic mass is 9.90. The van der Waals surface area contributed by atoms with Crippen molar-refractivity contribution < 1.29 is 14.7 Å². The van der Waals surface area contributed by atoms with Gasteiger partial charge in [-0.25, -0.2) is 0 Å². The molecule has 0 spiro atoms. The highest BCUT2D eigenvalue weighted by Gasteiger charge is 2.27. The maximum Gasteiger partial charge on any atom is 0.320 e. The van der Waals surface area contributed by atoms with Gasteiger partial charge in [0.05, 0.1) is 0 Å². The molecule has 98 valence electrons. The number of carboxylic acids is 1. The Balaban J connectivity index is 2.36. The molecule has 2 unspecified atom stereocenters. The number of aliphatic carboxylic acids is 1. The minimum Gasteiger partial charge on any atom is -0.480 e. The highest BCUT2D eigenvalue weighted by atomic mass is 35.5. The fraction of sp³-hybridized carbons (Fsp3) is 0.818. The van der Waals surface area contributed by atoms with E-state index in [1.807, 2.05) is 0 Å². The van der Waals surface area contributed by atoms with Gasteiger partial charge in [-0.1, -0.05) is 0 Å². The van der Waals surface area contributed by atoms with E-state index in [-0.39, 0.29) is 11.8 Å². The smallest absolute Gasteiger partial charge is 0.320 e. The number of amides is 1. The lowest BCUT2D eigenvalue weighted by molar-refractivity contribution is -0.139. The third-order valence-corrected chi connectivity index (χ3v) is 3.36. The van der Waals surface area contributed by atoms with E-state index in [2.05, 4.69) is 0 Å². The Kier molecular flexibility index (Phi) is 5.21. The molecule has 0 aromatic heterocycles. The summed E-state index contributed by atoms with van der Waals surface area (Å²) in [5.41, 5.74) is 5.49. The minimum absolute atomic E-state index is 0.0485. The van der Waals surface area contributed by atoms with Crippen LogP contribution in [0.5, 0.6) is 0 Å². The molecule has 0 aliphatic carbocycles. The van der Waals surface area contributed by atoms with Crippen LogP contribution < -0.4 is 5.73 Å². The van der Waals surface area contributed by atoms with Crippen LogP contribution in [0.25, 0.3) is 0 Å². The van der Waals surface area contributed by atoms with E-state index in [1.54, 1.807) is 11.8 Å². The second kappa shape index (κ2) is 6.21. The summed E-state index contributed by atoms with van der Waals surface area (Å²) >= 11 is 5.73. The summed E-state index contributed by atoms with van der Waals surface area (Å²) in [7, 11) is 0. The van der Waals surface area contributed by atoms with Gasteiger partial charge in [0.2, 0.25) is 5.91 Å². The van der Waals surface area contributed by atoms with Crippen LogP contribution in [0.15, 0.2) is 0 Å². The summed E-state index contributed by atoms with van der Waals surface area (Å²) in [5, 5.41) is 8.23. The fourth-order valence-electron chi connectivity index (χ4n) is 2.10. The monoisotopic (exact) mass is 262 g/mol. The van der Waals surface area contributed by atoms with E-state index in [4.69, 9.17) is 22.4 Å². The molecule has 1 fully saturated rings. The first-order valence-electron chi connectivity index (χ1n) is 5.83. The van der Waals surface area contributed by atoms with E-state index in [9.17, 15) is 9.59 Å². The summed E-state index contributed by atoms with van der Waals surface area (Å²) in [6.45, 7) is 2.95. The normalized spacial score (nSPS) is 21.0. The molecule has 0 bridgehead atoms. The predicted molar refractivity (Wildman–Crippen MR) is 64.8 cm³/mol. The molecular formula is C11H19ClN2O3. The van der Waals surface area contributed by atoms with Crippen molar-refractivity contribution in [2.45, 2.75) is 37.6 Å². The molecular weight excluding hydrogens is 244 g/mol. The Labute approximate surface area is 106 Å². The van der Waals surface area contributed by atoms with Gasteiger partial charge in [-0.15, -0.1) is 11.6 Å². The summed E-state index contributed by atoms with van der Waals surface area (Å²) < 4.78 is 0. The molecule has 17 heavy (non-hydrogen) atoms. The molecule has 1 amide bonds. The first-order chi connectivity index (χ1) is 7.91. The third-order valence-electron chi connectivity index (χ3n) is 3.17. The Morgan fingerprint density at radius 3 is 2.41 bits per heavy atom. The van der Waals surface area contributed by atoms with E-state index in [1.165, 1.54) is 0 Å². The van der Waals surface area contributed by atoms with Gasteiger partial charge < -0.3 is 15.7 Å². The zero-order valence-electron chi connectivity index (χ0n) is 9.93. The average molecular weight is 263 g/mol. The predicted octanol–water partition coefficient (Wildman–Crippen LogP) is 0.654. The largest absolute Gasteiger partial charge is 0.480 e. The topological polar surface area (TPSA) is 83.6 Å². The zero-order chi connectivity index (χ0) is 13.0. The summed E-state index contributed by atoms with van der Waals surface area (Å²) in [6, 6.07) is -0.797. The van der Waals surface area contributed by atoms with Gasteiger partial charge >= 0.3 is 5.97 Å². The van der Waals surface area contributed by atoms with Crippen LogP contribution in [0.3, 0.4) is 0 Å². The second-order valence-electron chi connectivity index (χ2n) is 4.57. The van der Waals surface area contributed by atoms with Gasteiger partial charge in [0, 0.05) is 13.1 Å². The van der Waals surface area contributed by atoms with Gasteiger partial charge in [0.1, 0.15) is 11.4 Å². The molecule has 1 aliphatic heterocycles. The number of alkyl halides is 1. The SMILES string of the molecule is CC(Cl)C(=O)N1CCC(CC(N)C(=O)O)CC1. The van der Waals surface area contributed by atoms with E-state index >= 15 is 0 Å². The molecule has 2 atom stereocenters. The van der Waals surface area contributed by atoms with E-state index in [0.29, 0.717) is 19.5 Å². The van der Waals surface area contributed by atoms with Crippen LogP contribution in [-0.2, 0) is 9.59 Å². The van der Waals surface area contributed by atoms with Crippen LogP contribution in [0, 0.1) is 5.92 Å². The molecule has 0 saturated carbocycles. The number of nitrogens with zero attached hydrogens (tertiary/aromatic N) is 1. The fourth-order valence-corrected chi connectivity index (χ4v) is 2.24. The van der Waals surface area contributed by atoms with Crippen LogP contribution in [0.2, 0.25) is 0 Å². The van der Waals surface area contributed by atoms with E-state index in [0.717, 1.165) is 12.8 Å². The number of carboxylic acid groups (broad SMARTS) is 1. The number of likely N-dealkylation sites (tertiary alicyclic amines) is 1. The summed E-state index contributed by atoms with van der Waals surface area (Å²) in [5.74, 6) is -0.721. The standard InChI is InChI=1S/C11H19ClN2O3/c1-7(12)10(15)14-4-2-8(3-5-14)6-9(13)11(16)17/h7-9H,2-6,13H2,1H3,(H,16,17). The number of rotatable bonds is 4. The number of halogens is 1. The van der Waals surface area contributed by atoms with Crippen molar-refractivity contribution in [2.24, 2.45) is 11.7 Å². The summed E-state index contributed by atoms with van der Waals surface area (Å²) in [6.07, 6.45) is 2.08. The molecule has 1 saturated heterocycles. The molecule has 1 rings (SSSR count). The van der Waals surface area contributed by atoms with Gasteiger partial charge in [-0.3, -0.25) is 9.59 Å². The number of hydrogen-bond acceptors (Lipinski definition) is 3. The van der Waals surface area contributed by atoms with Gasteiger partial charge in [0.15, 0.2) is 0 Å². The highest BCUT2D eigenvalue weighted by Crippen LogP contribution is 2.22. The zero-order valence-corrected chi connectivity index (χ0v) is 10.7. The first-order valence-corrected chi connectivity index (χ1v) is 6.26. The van der Waals surface area contributed by atoms with Crippen molar-refractivity contribution >= 4 is 23.5 Å². The molecule has 5 nitrogen and oxygen atoms in total. The van der Waals surface area contributed by atoms with Crippen molar-refractivity contribution in [2.75, 3.05) is 13.1 Å². The van der Waals surface area contributed by atoms with Gasteiger partial charge in [-0.05, 0) is 32.1 Å². The van der Waals surface area contributed by atoms with Crippen LogP contribution in [0.4, 0.5) is 0 Å². The average Bonchev–Trinajstić information content (AvgIpc) is 2.28. The molecule has 0 radical (unpaired) electrons. The third kappa shape index (κ3) is 4.16. The molecule has 3 N–H and O–H groups in total. The minimum atomic E-state index is -0.960. The number of carbonyl (C=O) groups is 2. The second-order valence-corrected chi connectivity index (χ2v) is 5.22. The van der Waals surface area contributed by atoms with Crippen LogP contribution in [-0.4, -0.2) is 46.4 Å². The van der Waals surface area contributed by atoms with E-state index < -0.39 is 17.4 Å². The van der Waals surface area contributed by atoms with Crippen LogP contribution in [0.1, 0.15) is 26.2 Å². The molecule has 6 heteroatoms. The Morgan fingerprint density at radius 2 is 2.00 bits per heavy atom. The van der Waals surface area contributed by atoms with Crippen molar-refractivity contribution in [1.82, 2.24) is 4.90 Å². The number of hydrogen-bond donors (Lipinski definition) is 2. The maximum absolute atomic E-state index is 11.6. The number of piperidine rings is 1. The molecule has 0 aromatic carbocycles.